The highest BCUT2D eigenvalue weighted by atomic mass is 33.1. The van der Waals surface area contributed by atoms with Crippen molar-refractivity contribution < 1.29 is 0 Å². The van der Waals surface area contributed by atoms with Gasteiger partial charge in [-0.25, -0.2) is 0 Å². The van der Waals surface area contributed by atoms with Crippen LogP contribution in [0.15, 0.2) is 59.5 Å². The number of hydrogen-bond acceptors (Lipinski definition) is 2. The van der Waals surface area contributed by atoms with Gasteiger partial charge in [-0.1, -0.05) is 59.3 Å². The van der Waals surface area contributed by atoms with Gasteiger partial charge in [-0.15, -0.1) is 11.7 Å². The van der Waals surface area contributed by atoms with Crippen LogP contribution in [0.1, 0.15) is 0 Å². The first-order chi connectivity index (χ1) is 8.88. The molecule has 4 rings (SSSR count). The summed E-state index contributed by atoms with van der Waals surface area (Å²) in [4.78, 5) is 1.23. The van der Waals surface area contributed by atoms with E-state index in [1.54, 1.807) is 0 Å². The highest BCUT2D eigenvalue weighted by Gasteiger charge is 2.09. The molecule has 0 fully saturated rings. The lowest BCUT2D eigenvalue weighted by Gasteiger charge is -2.12. The zero-order valence-electron chi connectivity index (χ0n) is 9.55. The lowest BCUT2D eigenvalue weighted by Crippen LogP contribution is -1.84. The summed E-state index contributed by atoms with van der Waals surface area (Å²) in [5, 5.41) is 7.97. The fourth-order valence-corrected chi connectivity index (χ4v) is 3.66. The van der Waals surface area contributed by atoms with Gasteiger partial charge in [0.25, 0.3) is 0 Å². The normalized spacial score (nSPS) is 11.8. The van der Waals surface area contributed by atoms with Crippen LogP contribution in [0.3, 0.4) is 0 Å². The van der Waals surface area contributed by atoms with E-state index in [2.05, 4.69) is 66.3 Å². The van der Waals surface area contributed by atoms with E-state index in [-0.39, 0.29) is 0 Å². The minimum atomic E-state index is 1.23. The molecule has 0 aliphatic rings. The molecule has 2 heteroatoms. The van der Waals surface area contributed by atoms with Crippen LogP contribution in [0.4, 0.5) is 0 Å². The van der Waals surface area contributed by atoms with Crippen LogP contribution < -0.4 is 0 Å². The average molecular weight is 266 g/mol. The molecule has 0 heterocycles. The van der Waals surface area contributed by atoms with E-state index in [1.807, 2.05) is 0 Å². The van der Waals surface area contributed by atoms with Crippen LogP contribution in [0.2, 0.25) is 0 Å². The fraction of sp³-hybridized carbons (Fsp3) is 0. The van der Waals surface area contributed by atoms with Crippen molar-refractivity contribution in [1.29, 1.82) is 0 Å². The van der Waals surface area contributed by atoms with Gasteiger partial charge in [0.15, 0.2) is 0 Å². The van der Waals surface area contributed by atoms with E-state index in [9.17, 15) is 0 Å². The average Bonchev–Trinajstić information content (AvgIpc) is 2.44. The van der Waals surface area contributed by atoms with E-state index in [1.165, 1.54) is 48.0 Å². The van der Waals surface area contributed by atoms with Gasteiger partial charge in [0, 0.05) is 4.90 Å². The van der Waals surface area contributed by atoms with Crippen molar-refractivity contribution in [3.63, 3.8) is 0 Å². The van der Waals surface area contributed by atoms with Crippen molar-refractivity contribution in [3.05, 3.63) is 54.6 Å². The molecule has 86 valence electrons. The molecule has 0 N–H and O–H groups in total. The predicted octanol–water partition coefficient (Wildman–Crippen LogP) is 5.52. The maximum Gasteiger partial charge on any atom is 0.0259 e. The first-order valence-corrected chi connectivity index (χ1v) is 7.73. The topological polar surface area (TPSA) is 0 Å². The fourth-order valence-electron chi connectivity index (χ4n) is 2.79. The summed E-state index contributed by atoms with van der Waals surface area (Å²) in [6.45, 7) is 0. The van der Waals surface area contributed by atoms with Crippen LogP contribution in [-0.2, 0) is 0 Å². The van der Waals surface area contributed by atoms with Crippen molar-refractivity contribution in [2.45, 2.75) is 4.90 Å². The smallest absolute Gasteiger partial charge is 0.0259 e. The molecule has 18 heavy (non-hydrogen) atoms. The van der Waals surface area contributed by atoms with E-state index in [0.717, 1.165) is 0 Å². The minimum absolute atomic E-state index is 1.23. The third-order valence-electron chi connectivity index (χ3n) is 3.59. The largest absolute Gasteiger partial charge is 0.106 e. The van der Waals surface area contributed by atoms with E-state index in [4.69, 9.17) is 0 Å². The van der Waals surface area contributed by atoms with Gasteiger partial charge in [0.05, 0.1) is 0 Å². The van der Waals surface area contributed by atoms with E-state index in [0.29, 0.717) is 0 Å². The van der Waals surface area contributed by atoms with Gasteiger partial charge in [0.2, 0.25) is 0 Å². The minimum Gasteiger partial charge on any atom is -0.106 e. The highest BCUT2D eigenvalue weighted by Crippen LogP contribution is 2.39. The molecular weight excluding hydrogens is 256 g/mol. The first kappa shape index (κ1) is 10.5. The molecule has 4 aromatic rings. The molecule has 0 aliphatic heterocycles. The maximum absolute atomic E-state index is 4.36. The Labute approximate surface area is 114 Å². The highest BCUT2D eigenvalue weighted by molar-refractivity contribution is 8.68. The summed E-state index contributed by atoms with van der Waals surface area (Å²) in [6.07, 6.45) is 0. The second kappa shape index (κ2) is 3.81. The van der Waals surface area contributed by atoms with Gasteiger partial charge in [-0.3, -0.25) is 0 Å². The van der Waals surface area contributed by atoms with Gasteiger partial charge >= 0.3 is 0 Å². The molecule has 0 nitrogen and oxygen atoms in total. The summed E-state index contributed by atoms with van der Waals surface area (Å²) >= 11 is 4.36. The zero-order chi connectivity index (χ0) is 12.1. The second-order valence-corrected chi connectivity index (χ2v) is 5.68. The van der Waals surface area contributed by atoms with Gasteiger partial charge in [-0.2, -0.15) is 0 Å². The summed E-state index contributed by atoms with van der Waals surface area (Å²) in [6, 6.07) is 19.7. The predicted molar refractivity (Wildman–Crippen MR) is 85.0 cm³/mol. The molecule has 0 unspecified atom stereocenters. The summed E-state index contributed by atoms with van der Waals surface area (Å²) < 4.78 is 0. The van der Waals surface area contributed by atoms with Crippen LogP contribution >= 0.6 is 22.5 Å². The van der Waals surface area contributed by atoms with E-state index >= 15 is 0 Å². The summed E-state index contributed by atoms with van der Waals surface area (Å²) in [5.41, 5.74) is 0. The number of benzene rings is 4. The summed E-state index contributed by atoms with van der Waals surface area (Å²) in [7, 11) is 1.52. The zero-order valence-corrected chi connectivity index (χ0v) is 11.3. The maximum atomic E-state index is 4.36. The van der Waals surface area contributed by atoms with Gasteiger partial charge in [0.1, 0.15) is 0 Å². The Morgan fingerprint density at radius 3 is 2.00 bits per heavy atom. The first-order valence-electron chi connectivity index (χ1n) is 5.86. The third-order valence-corrected chi connectivity index (χ3v) is 4.73. The number of rotatable bonds is 1. The van der Waals surface area contributed by atoms with Crippen molar-refractivity contribution in [3.8, 4) is 0 Å². The molecule has 0 saturated heterocycles. The van der Waals surface area contributed by atoms with E-state index < -0.39 is 0 Å². The van der Waals surface area contributed by atoms with Gasteiger partial charge < -0.3 is 0 Å². The van der Waals surface area contributed by atoms with Crippen molar-refractivity contribution in [2.24, 2.45) is 0 Å². The molecule has 0 radical (unpaired) electrons. The lowest BCUT2D eigenvalue weighted by molar-refractivity contribution is 1.59. The molecular formula is C16H10S2. The van der Waals surface area contributed by atoms with Crippen LogP contribution in [0.25, 0.3) is 32.3 Å². The third kappa shape index (κ3) is 1.30. The Morgan fingerprint density at radius 1 is 0.667 bits per heavy atom. The molecule has 0 amide bonds. The monoisotopic (exact) mass is 266 g/mol. The van der Waals surface area contributed by atoms with Crippen LogP contribution in [0.5, 0.6) is 0 Å². The Morgan fingerprint density at radius 2 is 1.28 bits per heavy atom. The molecule has 0 atom stereocenters. The molecule has 0 aliphatic carbocycles. The molecule has 0 spiro atoms. The van der Waals surface area contributed by atoms with Crippen molar-refractivity contribution >= 4 is 54.8 Å². The lowest BCUT2D eigenvalue weighted by atomic mass is 9.94. The standard InChI is InChI=1S/C16H10S2/c17-18-14-9-7-12-5-4-10-2-1-3-11-6-8-13(14)16(12)15(10)11/h1-9,17H. The Kier molecular flexibility index (Phi) is 2.23. The van der Waals surface area contributed by atoms with Crippen molar-refractivity contribution in [1.82, 2.24) is 0 Å². The Balaban J connectivity index is 2.40. The SMILES string of the molecule is SSc1ccc2ccc3cccc4ccc1c2c34. The second-order valence-electron chi connectivity index (χ2n) is 4.51. The Hall–Kier alpha value is -1.38. The molecule has 4 aromatic carbocycles. The van der Waals surface area contributed by atoms with Crippen LogP contribution in [0, 0.1) is 0 Å². The quantitative estimate of drug-likeness (QED) is 0.269. The number of hydrogen-bond donors (Lipinski definition) is 1. The molecule has 0 aromatic heterocycles. The Bertz CT molecular complexity index is 849. The van der Waals surface area contributed by atoms with Crippen LogP contribution in [-0.4, -0.2) is 0 Å². The number of thiol groups is 1. The van der Waals surface area contributed by atoms with Crippen molar-refractivity contribution in [2.75, 3.05) is 0 Å². The molecule has 0 bridgehead atoms. The van der Waals surface area contributed by atoms with Gasteiger partial charge in [-0.05, 0) is 38.4 Å². The summed E-state index contributed by atoms with van der Waals surface area (Å²) in [5.74, 6) is 0. The molecule has 0 saturated carbocycles.